The Balaban J connectivity index is 2.10. The van der Waals surface area contributed by atoms with E-state index in [1.165, 1.54) is 31.2 Å². The van der Waals surface area contributed by atoms with E-state index >= 15 is 0 Å². The summed E-state index contributed by atoms with van der Waals surface area (Å²) in [5, 5.41) is 8.87. The largest absolute Gasteiger partial charge is 0.330 e. The molecule has 3 heteroatoms. The molecule has 1 fully saturated rings. The van der Waals surface area contributed by atoms with Gasteiger partial charge in [-0.25, -0.2) is 0 Å². The number of hydrogen-bond acceptors (Lipinski definition) is 3. The van der Waals surface area contributed by atoms with E-state index in [1.54, 1.807) is 0 Å². The lowest BCUT2D eigenvalue weighted by Gasteiger charge is -2.40. The number of nitrogens with two attached hydrogens (primary N) is 1. The highest BCUT2D eigenvalue weighted by Crippen LogP contribution is 2.32. The summed E-state index contributed by atoms with van der Waals surface area (Å²) in [7, 11) is 2.21. The van der Waals surface area contributed by atoms with Gasteiger partial charge in [-0.2, -0.15) is 5.26 Å². The van der Waals surface area contributed by atoms with Crippen LogP contribution in [0.1, 0.15) is 49.8 Å². The Morgan fingerprint density at radius 1 is 1.30 bits per heavy atom. The Morgan fingerprint density at radius 3 is 2.55 bits per heavy atom. The molecule has 0 amide bonds. The molecule has 0 aliphatic heterocycles. The molecule has 0 aromatic heterocycles. The van der Waals surface area contributed by atoms with Crippen molar-refractivity contribution in [3.05, 3.63) is 35.4 Å². The standard InChI is InChI=1S/C17H25N3/c1-13(15-9-7-14(11-18)8-10-15)20(2)17-6-4-3-5-16(17)12-19/h7-10,13,16-17H,3-6,12,19H2,1-2H3. The molecule has 108 valence electrons. The first-order valence-electron chi connectivity index (χ1n) is 7.59. The summed E-state index contributed by atoms with van der Waals surface area (Å²) in [4.78, 5) is 2.47. The van der Waals surface area contributed by atoms with E-state index < -0.39 is 0 Å². The summed E-state index contributed by atoms with van der Waals surface area (Å²) in [6.45, 7) is 3.03. The van der Waals surface area contributed by atoms with Crippen molar-refractivity contribution in [3.63, 3.8) is 0 Å². The molecular formula is C17H25N3. The van der Waals surface area contributed by atoms with Crippen molar-refractivity contribution in [1.82, 2.24) is 4.90 Å². The first kappa shape index (κ1) is 15.0. The second-order valence-corrected chi connectivity index (χ2v) is 5.92. The fraction of sp³-hybridized carbons (Fsp3) is 0.588. The topological polar surface area (TPSA) is 53.0 Å². The molecular weight excluding hydrogens is 246 g/mol. The zero-order chi connectivity index (χ0) is 14.5. The van der Waals surface area contributed by atoms with Crippen LogP contribution in [0, 0.1) is 17.2 Å². The van der Waals surface area contributed by atoms with Gasteiger partial charge in [-0.15, -0.1) is 0 Å². The van der Waals surface area contributed by atoms with Gasteiger partial charge in [0.25, 0.3) is 0 Å². The third kappa shape index (κ3) is 3.20. The highest BCUT2D eigenvalue weighted by molar-refractivity contribution is 5.32. The Labute approximate surface area is 122 Å². The van der Waals surface area contributed by atoms with E-state index in [1.807, 2.05) is 12.1 Å². The van der Waals surface area contributed by atoms with Gasteiger partial charge in [0, 0.05) is 12.1 Å². The van der Waals surface area contributed by atoms with E-state index in [0.29, 0.717) is 18.0 Å². The lowest BCUT2D eigenvalue weighted by Crippen LogP contribution is -2.44. The van der Waals surface area contributed by atoms with Crippen molar-refractivity contribution in [2.45, 2.75) is 44.7 Å². The Morgan fingerprint density at radius 2 is 1.95 bits per heavy atom. The molecule has 0 heterocycles. The Hall–Kier alpha value is -1.37. The van der Waals surface area contributed by atoms with E-state index in [9.17, 15) is 0 Å². The third-order valence-electron chi connectivity index (χ3n) is 4.83. The molecule has 0 radical (unpaired) electrons. The van der Waals surface area contributed by atoms with Crippen LogP contribution >= 0.6 is 0 Å². The van der Waals surface area contributed by atoms with Crippen molar-refractivity contribution in [2.24, 2.45) is 11.7 Å². The predicted octanol–water partition coefficient (Wildman–Crippen LogP) is 3.07. The predicted molar refractivity (Wildman–Crippen MR) is 82.1 cm³/mol. The summed E-state index contributed by atoms with van der Waals surface area (Å²) in [5.41, 5.74) is 7.94. The molecule has 3 unspecified atom stereocenters. The van der Waals surface area contributed by atoms with Crippen molar-refractivity contribution in [3.8, 4) is 6.07 Å². The molecule has 1 aromatic rings. The Kier molecular flexibility index (Phi) is 5.17. The quantitative estimate of drug-likeness (QED) is 0.915. The summed E-state index contributed by atoms with van der Waals surface area (Å²) >= 11 is 0. The number of benzene rings is 1. The van der Waals surface area contributed by atoms with Gasteiger partial charge in [-0.3, -0.25) is 4.90 Å². The maximum Gasteiger partial charge on any atom is 0.0991 e. The van der Waals surface area contributed by atoms with E-state index in [-0.39, 0.29) is 0 Å². The highest BCUT2D eigenvalue weighted by atomic mass is 15.2. The van der Waals surface area contributed by atoms with E-state index in [2.05, 4.69) is 37.1 Å². The monoisotopic (exact) mass is 271 g/mol. The van der Waals surface area contributed by atoms with Gasteiger partial charge in [-0.1, -0.05) is 25.0 Å². The van der Waals surface area contributed by atoms with Gasteiger partial charge in [0.05, 0.1) is 11.6 Å². The first-order chi connectivity index (χ1) is 9.67. The van der Waals surface area contributed by atoms with Crippen LogP contribution in [0.15, 0.2) is 24.3 Å². The number of hydrogen-bond donors (Lipinski definition) is 1. The number of nitriles is 1. The summed E-state index contributed by atoms with van der Waals surface area (Å²) in [6.07, 6.45) is 5.13. The van der Waals surface area contributed by atoms with Crippen LogP contribution in [0.4, 0.5) is 0 Å². The molecule has 1 aliphatic rings. The zero-order valence-corrected chi connectivity index (χ0v) is 12.5. The molecule has 3 atom stereocenters. The van der Waals surface area contributed by atoms with Gasteiger partial charge in [-0.05, 0) is 57.0 Å². The molecule has 20 heavy (non-hydrogen) atoms. The molecule has 0 saturated heterocycles. The average molecular weight is 271 g/mol. The van der Waals surface area contributed by atoms with E-state index in [4.69, 9.17) is 11.0 Å². The van der Waals surface area contributed by atoms with Gasteiger partial charge in [0.15, 0.2) is 0 Å². The molecule has 0 bridgehead atoms. The van der Waals surface area contributed by atoms with Crippen LogP contribution < -0.4 is 5.73 Å². The SMILES string of the molecule is CC(c1ccc(C#N)cc1)N(C)C1CCCCC1CN. The van der Waals surface area contributed by atoms with Crippen molar-refractivity contribution < 1.29 is 0 Å². The summed E-state index contributed by atoms with van der Waals surface area (Å²) in [5.74, 6) is 0.620. The lowest BCUT2D eigenvalue weighted by molar-refractivity contribution is 0.0989. The minimum atomic E-state index is 0.361. The molecule has 1 saturated carbocycles. The molecule has 0 spiro atoms. The average Bonchev–Trinajstić information content (AvgIpc) is 2.53. The smallest absolute Gasteiger partial charge is 0.0991 e. The Bertz CT molecular complexity index is 460. The number of nitrogens with zero attached hydrogens (tertiary/aromatic N) is 2. The second kappa shape index (κ2) is 6.88. The van der Waals surface area contributed by atoms with Crippen LogP contribution in [0.5, 0.6) is 0 Å². The van der Waals surface area contributed by atoms with Crippen molar-refractivity contribution in [1.29, 1.82) is 5.26 Å². The van der Waals surface area contributed by atoms with Crippen molar-refractivity contribution >= 4 is 0 Å². The maximum atomic E-state index is 8.87. The summed E-state index contributed by atoms with van der Waals surface area (Å²) < 4.78 is 0. The van der Waals surface area contributed by atoms with Gasteiger partial charge >= 0.3 is 0 Å². The highest BCUT2D eigenvalue weighted by Gasteiger charge is 2.29. The fourth-order valence-corrected chi connectivity index (χ4v) is 3.36. The van der Waals surface area contributed by atoms with Crippen molar-refractivity contribution in [2.75, 3.05) is 13.6 Å². The van der Waals surface area contributed by atoms with Gasteiger partial charge < -0.3 is 5.73 Å². The first-order valence-corrected chi connectivity index (χ1v) is 7.59. The van der Waals surface area contributed by atoms with Crippen LogP contribution in [0.2, 0.25) is 0 Å². The normalized spacial score (nSPS) is 24.4. The number of rotatable bonds is 4. The lowest BCUT2D eigenvalue weighted by atomic mass is 9.83. The summed E-state index contributed by atoms with van der Waals surface area (Å²) in [6, 6.07) is 11.1. The van der Waals surface area contributed by atoms with Crippen LogP contribution in [0.3, 0.4) is 0 Å². The molecule has 1 aliphatic carbocycles. The third-order valence-corrected chi connectivity index (χ3v) is 4.83. The minimum absolute atomic E-state index is 0.361. The molecule has 1 aromatic carbocycles. The van der Waals surface area contributed by atoms with E-state index in [0.717, 1.165) is 12.1 Å². The maximum absolute atomic E-state index is 8.87. The second-order valence-electron chi connectivity index (χ2n) is 5.92. The molecule has 2 rings (SSSR count). The fourth-order valence-electron chi connectivity index (χ4n) is 3.36. The zero-order valence-electron chi connectivity index (χ0n) is 12.5. The van der Waals surface area contributed by atoms with Crippen LogP contribution in [0.25, 0.3) is 0 Å². The van der Waals surface area contributed by atoms with Crippen LogP contribution in [-0.4, -0.2) is 24.5 Å². The molecule has 3 nitrogen and oxygen atoms in total. The van der Waals surface area contributed by atoms with Gasteiger partial charge in [0.1, 0.15) is 0 Å². The van der Waals surface area contributed by atoms with Gasteiger partial charge in [0.2, 0.25) is 0 Å². The minimum Gasteiger partial charge on any atom is -0.330 e. The molecule has 2 N–H and O–H groups in total. The van der Waals surface area contributed by atoms with Crippen LogP contribution in [-0.2, 0) is 0 Å².